The average Bonchev–Trinajstić information content (AvgIpc) is 3.54. The predicted octanol–water partition coefficient (Wildman–Crippen LogP) is 6.20. The molecule has 1 unspecified atom stereocenters. The molecule has 6 heteroatoms. The molecule has 2 heterocycles. The minimum Gasteiger partial charge on any atom is -0.508 e. The zero-order valence-corrected chi connectivity index (χ0v) is 22.1. The Balaban J connectivity index is 1.29. The third-order valence-electron chi connectivity index (χ3n) is 8.45. The van der Waals surface area contributed by atoms with E-state index in [-0.39, 0.29) is 12.8 Å². The number of alkyl halides is 1. The first kappa shape index (κ1) is 25.6. The van der Waals surface area contributed by atoms with Gasteiger partial charge in [0, 0.05) is 32.5 Å². The largest absolute Gasteiger partial charge is 0.508 e. The second kappa shape index (κ2) is 11.2. The van der Waals surface area contributed by atoms with E-state index in [1.165, 1.54) is 33.4 Å². The second-order valence-electron chi connectivity index (χ2n) is 11.0. The van der Waals surface area contributed by atoms with E-state index in [9.17, 15) is 9.50 Å². The fourth-order valence-corrected chi connectivity index (χ4v) is 6.54. The maximum atomic E-state index is 12.5. The Hall–Kier alpha value is -2.67. The summed E-state index contributed by atoms with van der Waals surface area (Å²) in [5.41, 5.74) is 7.63. The van der Waals surface area contributed by atoms with Crippen molar-refractivity contribution in [3.8, 4) is 11.5 Å². The molecule has 0 amide bonds. The number of nitrogens with zero attached hydrogens (tertiary/aromatic N) is 1. The van der Waals surface area contributed by atoms with Gasteiger partial charge in [0.15, 0.2) is 5.79 Å². The molecule has 0 radical (unpaired) electrons. The molecule has 2 aromatic rings. The highest BCUT2D eigenvalue weighted by molar-refractivity contribution is 5.87. The standard InChI is InChI=1S/C32H38FNO4/c33-16-2-17-34-18-13-28(22-34)38-27-8-5-24(6-9-27)31-29(4-1-3-25-21-26(35)7-10-30(25)31)23-11-14-32(15-12-23)36-19-20-37-32/h5-11,21,28,35H,1-4,12-20,22H2. The van der Waals surface area contributed by atoms with Gasteiger partial charge in [-0.15, -0.1) is 0 Å². The molecule has 1 N–H and O–H groups in total. The van der Waals surface area contributed by atoms with Crippen molar-refractivity contribution in [2.45, 2.75) is 63.3 Å². The molecule has 2 aromatic carbocycles. The number of hydrogen-bond donors (Lipinski definition) is 1. The molecule has 1 spiro atoms. The molecule has 0 saturated carbocycles. The van der Waals surface area contributed by atoms with Crippen molar-refractivity contribution in [2.75, 3.05) is 39.5 Å². The summed E-state index contributed by atoms with van der Waals surface area (Å²) in [5.74, 6) is 0.767. The van der Waals surface area contributed by atoms with E-state index in [1.54, 1.807) is 6.07 Å². The van der Waals surface area contributed by atoms with Crippen LogP contribution in [0.5, 0.6) is 11.5 Å². The van der Waals surface area contributed by atoms with Crippen LogP contribution >= 0.6 is 0 Å². The Morgan fingerprint density at radius 2 is 1.89 bits per heavy atom. The summed E-state index contributed by atoms with van der Waals surface area (Å²) in [6.07, 6.45) is 9.66. The molecule has 2 aliphatic heterocycles. The van der Waals surface area contributed by atoms with Crippen molar-refractivity contribution in [3.05, 3.63) is 76.4 Å². The van der Waals surface area contributed by atoms with Crippen LogP contribution in [0.25, 0.3) is 5.57 Å². The molecule has 5 nitrogen and oxygen atoms in total. The van der Waals surface area contributed by atoms with Crippen molar-refractivity contribution in [3.63, 3.8) is 0 Å². The summed E-state index contributed by atoms with van der Waals surface area (Å²) in [5, 5.41) is 10.2. The van der Waals surface area contributed by atoms with Crippen molar-refractivity contribution in [1.29, 1.82) is 0 Å². The highest BCUT2D eigenvalue weighted by Gasteiger charge is 2.38. The van der Waals surface area contributed by atoms with E-state index >= 15 is 0 Å². The Morgan fingerprint density at radius 3 is 2.66 bits per heavy atom. The molecule has 202 valence electrons. The molecule has 4 aliphatic rings. The van der Waals surface area contributed by atoms with Crippen LogP contribution < -0.4 is 4.74 Å². The summed E-state index contributed by atoms with van der Waals surface area (Å²) >= 11 is 0. The summed E-state index contributed by atoms with van der Waals surface area (Å²) in [6, 6.07) is 14.3. The second-order valence-corrected chi connectivity index (χ2v) is 11.0. The van der Waals surface area contributed by atoms with Gasteiger partial charge < -0.3 is 19.3 Å². The highest BCUT2D eigenvalue weighted by Crippen LogP contribution is 2.44. The number of ether oxygens (including phenoxy) is 3. The van der Waals surface area contributed by atoms with Crippen LogP contribution in [0.15, 0.2) is 59.7 Å². The van der Waals surface area contributed by atoms with E-state index in [4.69, 9.17) is 14.2 Å². The number of allylic oxidation sites excluding steroid dienone is 2. The van der Waals surface area contributed by atoms with Crippen molar-refractivity contribution < 1.29 is 23.7 Å². The topological polar surface area (TPSA) is 51.2 Å². The number of benzene rings is 2. The third kappa shape index (κ3) is 5.40. The van der Waals surface area contributed by atoms with Crippen molar-refractivity contribution in [1.82, 2.24) is 4.90 Å². The lowest BCUT2D eigenvalue weighted by molar-refractivity contribution is -0.161. The van der Waals surface area contributed by atoms with Gasteiger partial charge in [0.25, 0.3) is 0 Å². The molecule has 6 rings (SSSR count). The third-order valence-corrected chi connectivity index (χ3v) is 8.45. The lowest BCUT2D eigenvalue weighted by Crippen LogP contribution is -2.32. The summed E-state index contributed by atoms with van der Waals surface area (Å²) in [4.78, 5) is 2.29. The Morgan fingerprint density at radius 1 is 1.05 bits per heavy atom. The number of phenolic OH excluding ortho intramolecular Hbond substituents is 1. The number of rotatable bonds is 7. The first-order valence-electron chi connectivity index (χ1n) is 14.2. The van der Waals surface area contributed by atoms with Gasteiger partial charge in [-0.1, -0.05) is 24.3 Å². The molecule has 2 saturated heterocycles. The van der Waals surface area contributed by atoms with Gasteiger partial charge >= 0.3 is 0 Å². The summed E-state index contributed by atoms with van der Waals surface area (Å²) in [7, 11) is 0. The molecular formula is C32H38FNO4. The monoisotopic (exact) mass is 519 g/mol. The average molecular weight is 520 g/mol. The number of aryl methyl sites for hydroxylation is 1. The van der Waals surface area contributed by atoms with Crippen molar-refractivity contribution >= 4 is 5.57 Å². The molecular weight excluding hydrogens is 481 g/mol. The number of hydrogen-bond acceptors (Lipinski definition) is 5. The maximum absolute atomic E-state index is 12.5. The van der Waals surface area contributed by atoms with Crippen LogP contribution in [-0.4, -0.2) is 61.4 Å². The zero-order valence-electron chi connectivity index (χ0n) is 22.1. The lowest BCUT2D eigenvalue weighted by atomic mass is 9.82. The zero-order chi connectivity index (χ0) is 26.0. The van der Waals surface area contributed by atoms with E-state index in [0.717, 1.165) is 70.3 Å². The molecule has 1 atom stereocenters. The van der Waals surface area contributed by atoms with Gasteiger partial charge in [-0.2, -0.15) is 0 Å². The van der Waals surface area contributed by atoms with E-state index < -0.39 is 5.79 Å². The van der Waals surface area contributed by atoms with E-state index in [1.807, 2.05) is 6.07 Å². The maximum Gasteiger partial charge on any atom is 0.172 e. The van der Waals surface area contributed by atoms with Crippen LogP contribution in [0.3, 0.4) is 0 Å². The van der Waals surface area contributed by atoms with Crippen LogP contribution in [0.1, 0.15) is 61.6 Å². The molecule has 2 fully saturated rings. The van der Waals surface area contributed by atoms with Gasteiger partial charge in [-0.05, 0) is 96.2 Å². The Bertz CT molecular complexity index is 1200. The number of fused-ring (bicyclic) bond motifs is 1. The molecule has 38 heavy (non-hydrogen) atoms. The van der Waals surface area contributed by atoms with Crippen LogP contribution in [-0.2, 0) is 15.9 Å². The van der Waals surface area contributed by atoms with Gasteiger partial charge in [0.05, 0.1) is 19.9 Å². The number of likely N-dealkylation sites (tertiary alicyclic amines) is 1. The fourth-order valence-electron chi connectivity index (χ4n) is 6.54. The smallest absolute Gasteiger partial charge is 0.172 e. The Labute approximate surface area is 224 Å². The molecule has 2 aliphatic carbocycles. The molecule has 0 bridgehead atoms. The van der Waals surface area contributed by atoms with Crippen molar-refractivity contribution in [2.24, 2.45) is 0 Å². The van der Waals surface area contributed by atoms with Gasteiger partial charge in [-0.3, -0.25) is 9.29 Å². The lowest BCUT2D eigenvalue weighted by Gasteiger charge is -2.32. The Kier molecular flexibility index (Phi) is 7.55. The first-order valence-corrected chi connectivity index (χ1v) is 14.2. The van der Waals surface area contributed by atoms with E-state index in [2.05, 4.69) is 41.3 Å². The number of aromatic hydroxyl groups is 1. The quantitative estimate of drug-likeness (QED) is 0.472. The minimum atomic E-state index is -0.431. The normalized spacial score (nSPS) is 23.4. The summed E-state index contributed by atoms with van der Waals surface area (Å²) < 4.78 is 30.8. The minimum absolute atomic E-state index is 0.150. The van der Waals surface area contributed by atoms with Gasteiger partial charge in [-0.25, -0.2) is 0 Å². The molecule has 0 aromatic heterocycles. The van der Waals surface area contributed by atoms with Crippen LogP contribution in [0.2, 0.25) is 0 Å². The number of halogens is 1. The van der Waals surface area contributed by atoms with Crippen LogP contribution in [0, 0.1) is 0 Å². The SMILES string of the molecule is Oc1ccc2c(c1)CCCC(C1=CCC3(CC1)OCCO3)=C2c1ccc(OC2CCN(CCCF)C2)cc1. The van der Waals surface area contributed by atoms with E-state index in [0.29, 0.717) is 25.4 Å². The fraction of sp³-hybridized carbons (Fsp3) is 0.500. The van der Waals surface area contributed by atoms with Gasteiger partial charge in [0.1, 0.15) is 17.6 Å². The highest BCUT2D eigenvalue weighted by atomic mass is 19.1. The predicted molar refractivity (Wildman–Crippen MR) is 146 cm³/mol. The first-order chi connectivity index (χ1) is 18.6. The van der Waals surface area contributed by atoms with Gasteiger partial charge in [0.2, 0.25) is 0 Å². The number of phenols is 1. The van der Waals surface area contributed by atoms with Crippen LogP contribution in [0.4, 0.5) is 4.39 Å². The summed E-state index contributed by atoms with van der Waals surface area (Å²) in [6.45, 7) is 3.73.